The Hall–Kier alpha value is -1.68. The first kappa shape index (κ1) is 9.86. The standard InChI is InChI=1S/C11H14N4/c1-9-3-2-4-10(7-9)11-8-13-14-15(11)6-5-12/h2-4,7-8H,5-6,12H2,1H3. The molecule has 0 saturated heterocycles. The first-order chi connectivity index (χ1) is 7.31. The van der Waals surface area contributed by atoms with Crippen LogP contribution in [0.15, 0.2) is 30.5 Å². The van der Waals surface area contributed by atoms with Crippen molar-refractivity contribution in [3.8, 4) is 11.3 Å². The van der Waals surface area contributed by atoms with Gasteiger partial charge in [-0.15, -0.1) is 5.10 Å². The van der Waals surface area contributed by atoms with Gasteiger partial charge in [-0.3, -0.25) is 0 Å². The second-order valence-corrected chi connectivity index (χ2v) is 3.50. The van der Waals surface area contributed by atoms with Gasteiger partial charge in [-0.1, -0.05) is 29.0 Å². The van der Waals surface area contributed by atoms with Crippen molar-refractivity contribution in [2.45, 2.75) is 13.5 Å². The van der Waals surface area contributed by atoms with Gasteiger partial charge in [0.05, 0.1) is 18.4 Å². The molecule has 0 atom stereocenters. The maximum absolute atomic E-state index is 5.51. The van der Waals surface area contributed by atoms with E-state index >= 15 is 0 Å². The van der Waals surface area contributed by atoms with Crippen LogP contribution in [-0.2, 0) is 6.54 Å². The van der Waals surface area contributed by atoms with Crippen LogP contribution < -0.4 is 5.73 Å². The number of rotatable bonds is 3. The molecule has 1 heterocycles. The van der Waals surface area contributed by atoms with Gasteiger partial charge < -0.3 is 5.73 Å². The number of benzene rings is 1. The summed E-state index contributed by atoms with van der Waals surface area (Å²) in [5, 5.41) is 7.90. The van der Waals surface area contributed by atoms with Crippen LogP contribution in [0, 0.1) is 6.92 Å². The minimum atomic E-state index is 0.572. The quantitative estimate of drug-likeness (QED) is 0.814. The van der Waals surface area contributed by atoms with Crippen LogP contribution in [0.25, 0.3) is 11.3 Å². The number of aromatic nitrogens is 3. The van der Waals surface area contributed by atoms with Crippen molar-refractivity contribution in [3.05, 3.63) is 36.0 Å². The Morgan fingerprint density at radius 2 is 2.27 bits per heavy atom. The number of aryl methyl sites for hydroxylation is 1. The molecule has 0 radical (unpaired) electrons. The number of hydrogen-bond donors (Lipinski definition) is 1. The van der Waals surface area contributed by atoms with Gasteiger partial charge >= 0.3 is 0 Å². The lowest BCUT2D eigenvalue weighted by Crippen LogP contribution is -2.12. The zero-order valence-electron chi connectivity index (χ0n) is 8.72. The molecule has 0 bridgehead atoms. The summed E-state index contributed by atoms with van der Waals surface area (Å²) in [4.78, 5) is 0. The van der Waals surface area contributed by atoms with Crippen molar-refractivity contribution in [2.75, 3.05) is 6.54 Å². The predicted octanol–water partition coefficient (Wildman–Crippen LogP) is 1.21. The fourth-order valence-corrected chi connectivity index (χ4v) is 1.57. The van der Waals surface area contributed by atoms with E-state index in [-0.39, 0.29) is 0 Å². The van der Waals surface area contributed by atoms with Crippen LogP contribution in [0.3, 0.4) is 0 Å². The molecule has 2 rings (SSSR count). The average molecular weight is 202 g/mol. The maximum atomic E-state index is 5.51. The molecule has 0 aliphatic carbocycles. The van der Waals surface area contributed by atoms with Crippen LogP contribution in [0.4, 0.5) is 0 Å². The van der Waals surface area contributed by atoms with E-state index in [4.69, 9.17) is 5.73 Å². The SMILES string of the molecule is Cc1cccc(-c2cnnn2CCN)c1. The third kappa shape index (κ3) is 2.05. The fourth-order valence-electron chi connectivity index (χ4n) is 1.57. The zero-order chi connectivity index (χ0) is 10.7. The third-order valence-electron chi connectivity index (χ3n) is 2.27. The van der Waals surface area contributed by atoms with Crippen LogP contribution in [0.1, 0.15) is 5.56 Å². The molecule has 4 heteroatoms. The summed E-state index contributed by atoms with van der Waals surface area (Å²) in [6.45, 7) is 3.34. The van der Waals surface area contributed by atoms with E-state index in [9.17, 15) is 0 Å². The second kappa shape index (κ2) is 4.23. The molecule has 0 aliphatic rings. The van der Waals surface area contributed by atoms with Gasteiger partial charge in [0.2, 0.25) is 0 Å². The molecule has 15 heavy (non-hydrogen) atoms. The molecule has 0 saturated carbocycles. The fraction of sp³-hybridized carbons (Fsp3) is 0.273. The van der Waals surface area contributed by atoms with Crippen molar-refractivity contribution in [3.63, 3.8) is 0 Å². The van der Waals surface area contributed by atoms with Crippen LogP contribution >= 0.6 is 0 Å². The Bertz CT molecular complexity index is 447. The van der Waals surface area contributed by atoms with E-state index in [1.807, 2.05) is 10.7 Å². The van der Waals surface area contributed by atoms with Crippen molar-refractivity contribution in [2.24, 2.45) is 5.73 Å². The average Bonchev–Trinajstić information content (AvgIpc) is 2.66. The molecule has 4 nitrogen and oxygen atoms in total. The predicted molar refractivity (Wildman–Crippen MR) is 59.2 cm³/mol. The zero-order valence-corrected chi connectivity index (χ0v) is 8.72. The first-order valence-electron chi connectivity index (χ1n) is 4.97. The summed E-state index contributed by atoms with van der Waals surface area (Å²) >= 11 is 0. The highest BCUT2D eigenvalue weighted by atomic mass is 15.4. The first-order valence-corrected chi connectivity index (χ1v) is 4.97. The molecule has 1 aromatic carbocycles. The van der Waals surface area contributed by atoms with Crippen molar-refractivity contribution >= 4 is 0 Å². The summed E-state index contributed by atoms with van der Waals surface area (Å²) in [6.07, 6.45) is 1.77. The van der Waals surface area contributed by atoms with Gasteiger partial charge in [0, 0.05) is 12.1 Å². The number of nitrogens with zero attached hydrogens (tertiary/aromatic N) is 3. The highest BCUT2D eigenvalue weighted by Gasteiger charge is 2.05. The Balaban J connectivity index is 2.40. The van der Waals surface area contributed by atoms with E-state index in [0.717, 1.165) is 11.3 Å². The molecule has 0 aliphatic heterocycles. The van der Waals surface area contributed by atoms with E-state index in [2.05, 4.69) is 35.4 Å². The minimum absolute atomic E-state index is 0.572. The molecule has 1 aromatic heterocycles. The monoisotopic (exact) mass is 202 g/mol. The van der Waals surface area contributed by atoms with E-state index in [0.29, 0.717) is 13.1 Å². The summed E-state index contributed by atoms with van der Waals surface area (Å²) < 4.78 is 1.83. The molecular weight excluding hydrogens is 188 g/mol. The third-order valence-corrected chi connectivity index (χ3v) is 2.27. The van der Waals surface area contributed by atoms with E-state index in [1.165, 1.54) is 5.56 Å². The van der Waals surface area contributed by atoms with Crippen LogP contribution in [0.2, 0.25) is 0 Å². The molecule has 0 amide bonds. The van der Waals surface area contributed by atoms with Gasteiger partial charge in [-0.05, 0) is 13.0 Å². The van der Waals surface area contributed by atoms with Gasteiger partial charge in [0.25, 0.3) is 0 Å². The number of hydrogen-bond acceptors (Lipinski definition) is 3. The van der Waals surface area contributed by atoms with E-state index in [1.54, 1.807) is 6.20 Å². The Labute approximate surface area is 88.7 Å². The second-order valence-electron chi connectivity index (χ2n) is 3.50. The normalized spacial score (nSPS) is 10.5. The van der Waals surface area contributed by atoms with Gasteiger partial charge in [0.15, 0.2) is 0 Å². The molecule has 2 N–H and O–H groups in total. The summed E-state index contributed by atoms with van der Waals surface area (Å²) in [6, 6.07) is 8.27. The summed E-state index contributed by atoms with van der Waals surface area (Å²) in [5.74, 6) is 0. The smallest absolute Gasteiger partial charge is 0.0886 e. The van der Waals surface area contributed by atoms with Gasteiger partial charge in [0.1, 0.15) is 0 Å². The molecule has 2 aromatic rings. The van der Waals surface area contributed by atoms with Gasteiger partial charge in [-0.2, -0.15) is 0 Å². The topological polar surface area (TPSA) is 56.7 Å². The van der Waals surface area contributed by atoms with Crippen LogP contribution in [0.5, 0.6) is 0 Å². The molecule has 0 fully saturated rings. The lowest BCUT2D eigenvalue weighted by atomic mass is 10.1. The van der Waals surface area contributed by atoms with Crippen molar-refractivity contribution < 1.29 is 0 Å². The van der Waals surface area contributed by atoms with Crippen molar-refractivity contribution in [1.82, 2.24) is 15.0 Å². The maximum Gasteiger partial charge on any atom is 0.0886 e. The largest absolute Gasteiger partial charge is 0.329 e. The minimum Gasteiger partial charge on any atom is -0.329 e. The van der Waals surface area contributed by atoms with Gasteiger partial charge in [-0.25, -0.2) is 4.68 Å². The highest BCUT2D eigenvalue weighted by molar-refractivity contribution is 5.59. The Morgan fingerprint density at radius 3 is 3.00 bits per heavy atom. The highest BCUT2D eigenvalue weighted by Crippen LogP contribution is 2.18. The molecular formula is C11H14N4. The van der Waals surface area contributed by atoms with Crippen LogP contribution in [-0.4, -0.2) is 21.5 Å². The number of nitrogens with two attached hydrogens (primary N) is 1. The molecule has 78 valence electrons. The Morgan fingerprint density at radius 1 is 1.40 bits per heavy atom. The van der Waals surface area contributed by atoms with Crippen molar-refractivity contribution in [1.29, 1.82) is 0 Å². The summed E-state index contributed by atoms with van der Waals surface area (Å²) in [7, 11) is 0. The van der Waals surface area contributed by atoms with E-state index < -0.39 is 0 Å². The lowest BCUT2D eigenvalue weighted by molar-refractivity contribution is 0.604. The molecule has 0 unspecified atom stereocenters. The Kier molecular flexibility index (Phi) is 2.78. The lowest BCUT2D eigenvalue weighted by Gasteiger charge is -2.04. The molecule has 0 spiro atoms. The summed E-state index contributed by atoms with van der Waals surface area (Å²) in [5.41, 5.74) is 8.89.